The molecule has 0 saturated carbocycles. The van der Waals surface area contributed by atoms with Gasteiger partial charge in [0, 0.05) is 24.7 Å². The highest BCUT2D eigenvalue weighted by Crippen LogP contribution is 2.28. The van der Waals surface area contributed by atoms with Crippen molar-refractivity contribution in [2.24, 2.45) is 5.73 Å². The Kier molecular flexibility index (Phi) is 3.72. The number of aromatic nitrogens is 1. The van der Waals surface area contributed by atoms with Crippen LogP contribution < -0.4 is 5.73 Å². The van der Waals surface area contributed by atoms with E-state index in [1.807, 2.05) is 24.3 Å². The van der Waals surface area contributed by atoms with Gasteiger partial charge in [0.1, 0.15) is 0 Å². The Labute approximate surface area is 107 Å². The maximum atomic E-state index is 7.54. The van der Waals surface area contributed by atoms with Gasteiger partial charge in [-0.05, 0) is 35.7 Å². The number of hydrogen-bond donors (Lipinski definition) is 2. The van der Waals surface area contributed by atoms with Crippen LogP contribution in [0.5, 0.6) is 0 Å². The molecule has 2 rings (SSSR count). The Hall–Kier alpha value is -2.16. The lowest BCUT2D eigenvalue weighted by Gasteiger charge is -2.18. The molecule has 0 unspecified atom stereocenters. The highest BCUT2D eigenvalue weighted by atomic mass is 14.7. The molecule has 0 atom stereocenters. The van der Waals surface area contributed by atoms with Gasteiger partial charge in [0.15, 0.2) is 0 Å². The molecule has 91 valence electrons. The molecule has 1 radical (unpaired) electrons. The second kappa shape index (κ2) is 5.45. The van der Waals surface area contributed by atoms with E-state index >= 15 is 0 Å². The zero-order valence-corrected chi connectivity index (χ0v) is 10.4. The Morgan fingerprint density at radius 2 is 1.83 bits per heavy atom. The second-order valence-electron chi connectivity index (χ2n) is 4.23. The molecule has 0 spiro atoms. The molecular weight excluding hydrogens is 222 g/mol. The summed E-state index contributed by atoms with van der Waals surface area (Å²) in [6, 6.07) is 12.0. The highest BCUT2D eigenvalue weighted by molar-refractivity contribution is 5.81. The van der Waals surface area contributed by atoms with Gasteiger partial charge in [-0.2, -0.15) is 0 Å². The van der Waals surface area contributed by atoms with Crippen LogP contribution in [-0.2, 0) is 0 Å². The average Bonchev–Trinajstić information content (AvgIpc) is 2.38. The summed E-state index contributed by atoms with van der Waals surface area (Å²) in [5.41, 5.74) is 8.95. The smallest absolute Gasteiger partial charge is 0.0918 e. The Balaban J connectivity index is 2.44. The Morgan fingerprint density at radius 1 is 1.17 bits per heavy atom. The number of nitrogens with one attached hydrogen (secondary N) is 1. The predicted octanol–water partition coefficient (Wildman–Crippen LogP) is 2.69. The van der Waals surface area contributed by atoms with E-state index in [1.165, 1.54) is 5.56 Å². The maximum Gasteiger partial charge on any atom is 0.0918 e. The van der Waals surface area contributed by atoms with E-state index in [0.29, 0.717) is 6.42 Å². The molecular formula is C15H16N3. The van der Waals surface area contributed by atoms with Crippen molar-refractivity contribution >= 4 is 5.84 Å². The van der Waals surface area contributed by atoms with Crippen molar-refractivity contribution in [3.8, 4) is 0 Å². The average molecular weight is 238 g/mol. The number of nitrogens with zero attached hydrogens (tertiary/aromatic N) is 1. The number of rotatable bonds is 4. The fourth-order valence-corrected chi connectivity index (χ4v) is 2.01. The van der Waals surface area contributed by atoms with Crippen molar-refractivity contribution in [1.29, 1.82) is 5.41 Å². The lowest BCUT2D eigenvalue weighted by Crippen LogP contribution is -2.16. The zero-order chi connectivity index (χ0) is 13.0. The van der Waals surface area contributed by atoms with Crippen LogP contribution in [0.2, 0.25) is 0 Å². The summed E-state index contributed by atoms with van der Waals surface area (Å²) >= 11 is 0. The molecule has 3 heteroatoms. The molecule has 0 saturated heterocycles. The van der Waals surface area contributed by atoms with Gasteiger partial charge in [0.25, 0.3) is 0 Å². The van der Waals surface area contributed by atoms with Crippen LogP contribution >= 0.6 is 0 Å². The van der Waals surface area contributed by atoms with Crippen molar-refractivity contribution in [3.63, 3.8) is 0 Å². The Morgan fingerprint density at radius 3 is 2.44 bits per heavy atom. The second-order valence-corrected chi connectivity index (χ2v) is 4.23. The molecule has 3 N–H and O–H groups in total. The molecule has 0 amide bonds. The minimum atomic E-state index is 0.171. The van der Waals surface area contributed by atoms with Crippen molar-refractivity contribution in [2.75, 3.05) is 0 Å². The summed E-state index contributed by atoms with van der Waals surface area (Å²) in [7, 11) is 0. The normalized spacial score (nSPS) is 10.6. The first-order chi connectivity index (χ1) is 8.68. The lowest BCUT2D eigenvalue weighted by molar-refractivity contribution is 1.06. The standard InChI is InChI=1S/C15H16N3/c1-11-4-2-3-5-13(11)14(10-15(16)17)12-6-8-18-9-7-12/h2-9H,10H2,1H3,(H3,16,17). The van der Waals surface area contributed by atoms with Gasteiger partial charge in [-0.25, -0.2) is 0 Å². The van der Waals surface area contributed by atoms with Crippen molar-refractivity contribution in [2.45, 2.75) is 13.3 Å². The van der Waals surface area contributed by atoms with Crippen LogP contribution in [0, 0.1) is 18.3 Å². The van der Waals surface area contributed by atoms with Gasteiger partial charge in [-0.3, -0.25) is 10.4 Å². The van der Waals surface area contributed by atoms with E-state index < -0.39 is 0 Å². The molecule has 0 aliphatic heterocycles. The molecule has 1 aromatic carbocycles. The SMILES string of the molecule is Cc1ccccc1[C](CC(=N)N)c1ccncc1. The fourth-order valence-electron chi connectivity index (χ4n) is 2.01. The summed E-state index contributed by atoms with van der Waals surface area (Å²) in [6.45, 7) is 2.07. The van der Waals surface area contributed by atoms with E-state index in [9.17, 15) is 0 Å². The first-order valence-electron chi connectivity index (χ1n) is 5.83. The molecule has 0 fully saturated rings. The van der Waals surface area contributed by atoms with Crippen LogP contribution in [0.1, 0.15) is 23.1 Å². The predicted molar refractivity (Wildman–Crippen MR) is 73.4 cm³/mol. The van der Waals surface area contributed by atoms with Gasteiger partial charge in [0.2, 0.25) is 0 Å². The molecule has 0 aliphatic carbocycles. The molecule has 0 aliphatic rings. The number of hydrogen-bond acceptors (Lipinski definition) is 2. The number of benzene rings is 1. The zero-order valence-electron chi connectivity index (χ0n) is 10.4. The molecule has 18 heavy (non-hydrogen) atoms. The molecule has 2 aromatic rings. The minimum Gasteiger partial charge on any atom is -0.388 e. The van der Waals surface area contributed by atoms with E-state index in [0.717, 1.165) is 17.0 Å². The number of nitrogens with two attached hydrogens (primary N) is 1. The minimum absolute atomic E-state index is 0.171. The summed E-state index contributed by atoms with van der Waals surface area (Å²) in [5, 5.41) is 7.54. The van der Waals surface area contributed by atoms with E-state index in [1.54, 1.807) is 12.4 Å². The summed E-state index contributed by atoms with van der Waals surface area (Å²) in [4.78, 5) is 4.02. The molecule has 0 bridgehead atoms. The van der Waals surface area contributed by atoms with Gasteiger partial charge in [0.05, 0.1) is 5.84 Å². The summed E-state index contributed by atoms with van der Waals surface area (Å²) < 4.78 is 0. The van der Waals surface area contributed by atoms with Crippen LogP contribution in [0.3, 0.4) is 0 Å². The number of pyridine rings is 1. The number of amidine groups is 1. The van der Waals surface area contributed by atoms with Gasteiger partial charge in [-0.1, -0.05) is 24.3 Å². The lowest BCUT2D eigenvalue weighted by atomic mass is 9.86. The summed E-state index contributed by atoms with van der Waals surface area (Å²) in [6.07, 6.45) is 3.97. The van der Waals surface area contributed by atoms with Crippen molar-refractivity contribution in [1.82, 2.24) is 4.98 Å². The first-order valence-corrected chi connectivity index (χ1v) is 5.83. The van der Waals surface area contributed by atoms with E-state index in [4.69, 9.17) is 11.1 Å². The van der Waals surface area contributed by atoms with Crippen LogP contribution in [-0.4, -0.2) is 10.8 Å². The van der Waals surface area contributed by atoms with Crippen LogP contribution in [0.25, 0.3) is 0 Å². The van der Waals surface area contributed by atoms with Gasteiger partial charge >= 0.3 is 0 Å². The fraction of sp³-hybridized carbons (Fsp3) is 0.133. The molecule has 3 nitrogen and oxygen atoms in total. The van der Waals surface area contributed by atoms with Crippen LogP contribution in [0.15, 0.2) is 48.8 Å². The van der Waals surface area contributed by atoms with Crippen LogP contribution in [0.4, 0.5) is 0 Å². The highest BCUT2D eigenvalue weighted by Gasteiger charge is 2.17. The third-order valence-corrected chi connectivity index (χ3v) is 2.87. The van der Waals surface area contributed by atoms with E-state index in [2.05, 4.69) is 24.0 Å². The van der Waals surface area contributed by atoms with Gasteiger partial charge < -0.3 is 5.73 Å². The Bertz CT molecular complexity index is 534. The van der Waals surface area contributed by atoms with Gasteiger partial charge in [-0.15, -0.1) is 0 Å². The van der Waals surface area contributed by atoms with Crippen molar-refractivity contribution < 1.29 is 0 Å². The third-order valence-electron chi connectivity index (χ3n) is 2.87. The topological polar surface area (TPSA) is 62.8 Å². The quantitative estimate of drug-likeness (QED) is 0.635. The molecule has 1 aromatic heterocycles. The number of aryl methyl sites for hydroxylation is 1. The first kappa shape index (κ1) is 12.3. The molecule has 1 heterocycles. The van der Waals surface area contributed by atoms with Crippen molar-refractivity contribution in [3.05, 3.63) is 71.4 Å². The van der Waals surface area contributed by atoms with E-state index in [-0.39, 0.29) is 5.84 Å². The largest absolute Gasteiger partial charge is 0.388 e. The third kappa shape index (κ3) is 2.74. The monoisotopic (exact) mass is 238 g/mol. The maximum absolute atomic E-state index is 7.54. The summed E-state index contributed by atoms with van der Waals surface area (Å²) in [5.74, 6) is 1.24.